The van der Waals surface area contributed by atoms with Crippen molar-refractivity contribution in [1.29, 1.82) is 0 Å². The van der Waals surface area contributed by atoms with Crippen molar-refractivity contribution >= 4 is 15.9 Å². The van der Waals surface area contributed by atoms with Crippen molar-refractivity contribution in [3.05, 3.63) is 82.1 Å². The van der Waals surface area contributed by atoms with Crippen LogP contribution in [-0.4, -0.2) is 16.7 Å². The highest BCUT2D eigenvalue weighted by atomic mass is 79.9. The molecule has 0 bridgehead atoms. The molecule has 0 aliphatic heterocycles. The molecule has 24 heavy (non-hydrogen) atoms. The second kappa shape index (κ2) is 7.62. The number of imidazole rings is 1. The van der Waals surface area contributed by atoms with Crippen LogP contribution < -0.4 is 4.74 Å². The van der Waals surface area contributed by atoms with Crippen molar-refractivity contribution in [2.45, 2.75) is 19.4 Å². The first-order valence-corrected chi connectivity index (χ1v) is 8.51. The van der Waals surface area contributed by atoms with Crippen LogP contribution in [0.4, 0.5) is 4.39 Å². The lowest BCUT2D eigenvalue weighted by Crippen LogP contribution is -2.06. The largest absolute Gasteiger partial charge is 0.497 e. The lowest BCUT2D eigenvalue weighted by Gasteiger charge is -2.09. The number of aryl methyl sites for hydroxylation is 2. The van der Waals surface area contributed by atoms with Crippen molar-refractivity contribution in [3.63, 3.8) is 0 Å². The molecule has 3 rings (SSSR count). The molecule has 0 aliphatic rings. The zero-order valence-electron chi connectivity index (χ0n) is 13.4. The van der Waals surface area contributed by atoms with E-state index >= 15 is 0 Å². The number of benzene rings is 2. The molecular formula is C19H18BrFN2O. The summed E-state index contributed by atoms with van der Waals surface area (Å²) < 4.78 is 21.5. The van der Waals surface area contributed by atoms with Crippen molar-refractivity contribution in [2.75, 3.05) is 7.11 Å². The number of ether oxygens (including phenoxy) is 1. The van der Waals surface area contributed by atoms with Gasteiger partial charge in [0.2, 0.25) is 0 Å². The molecule has 5 heteroatoms. The van der Waals surface area contributed by atoms with Crippen molar-refractivity contribution in [1.82, 2.24) is 9.55 Å². The quantitative estimate of drug-likeness (QED) is 0.615. The molecule has 124 valence electrons. The third kappa shape index (κ3) is 4.23. The van der Waals surface area contributed by atoms with E-state index < -0.39 is 0 Å². The van der Waals surface area contributed by atoms with Crippen LogP contribution in [0.3, 0.4) is 0 Å². The number of nitrogens with zero attached hydrogens (tertiary/aromatic N) is 2. The number of rotatable bonds is 6. The van der Waals surface area contributed by atoms with Crippen LogP contribution >= 0.6 is 15.9 Å². The fourth-order valence-corrected chi connectivity index (χ4v) is 3.17. The van der Waals surface area contributed by atoms with Gasteiger partial charge in [-0.15, -0.1) is 0 Å². The topological polar surface area (TPSA) is 27.1 Å². The Morgan fingerprint density at radius 3 is 2.58 bits per heavy atom. The van der Waals surface area contributed by atoms with Crippen LogP contribution in [0.15, 0.2) is 59.3 Å². The molecule has 1 aromatic heterocycles. The lowest BCUT2D eigenvalue weighted by molar-refractivity contribution is 0.414. The molecule has 0 spiro atoms. The predicted molar refractivity (Wildman–Crippen MR) is 95.8 cm³/mol. The Morgan fingerprint density at radius 1 is 1.08 bits per heavy atom. The molecule has 0 fully saturated rings. The molecule has 0 unspecified atom stereocenters. The molecule has 0 saturated heterocycles. The fourth-order valence-electron chi connectivity index (χ4n) is 2.66. The standard InChI is InChI=1S/C19H18BrFN2O/c1-24-18-5-2-14(3-6-18)4-7-19-22-8-9-23(19)13-15-10-16(20)12-17(21)11-15/h2-3,5-6,8-12H,4,7,13H2,1H3. The van der Waals surface area contributed by atoms with Gasteiger partial charge in [-0.1, -0.05) is 28.1 Å². The normalized spacial score (nSPS) is 10.8. The maximum atomic E-state index is 13.5. The van der Waals surface area contributed by atoms with Gasteiger partial charge in [0.15, 0.2) is 0 Å². The SMILES string of the molecule is COc1ccc(CCc2nccn2Cc2cc(F)cc(Br)c2)cc1. The van der Waals surface area contributed by atoms with Gasteiger partial charge in [0.05, 0.1) is 7.11 Å². The summed E-state index contributed by atoms with van der Waals surface area (Å²) >= 11 is 3.33. The third-order valence-corrected chi connectivity index (χ3v) is 4.33. The van der Waals surface area contributed by atoms with Crippen molar-refractivity contribution in [3.8, 4) is 5.75 Å². The van der Waals surface area contributed by atoms with Crippen molar-refractivity contribution in [2.24, 2.45) is 0 Å². The maximum absolute atomic E-state index is 13.5. The molecule has 3 aromatic rings. The summed E-state index contributed by atoms with van der Waals surface area (Å²) in [4.78, 5) is 4.44. The van der Waals surface area contributed by atoms with E-state index in [-0.39, 0.29) is 5.82 Å². The van der Waals surface area contributed by atoms with E-state index in [1.165, 1.54) is 11.6 Å². The molecule has 0 amide bonds. The van der Waals surface area contributed by atoms with E-state index in [0.29, 0.717) is 6.54 Å². The Morgan fingerprint density at radius 2 is 1.88 bits per heavy atom. The van der Waals surface area contributed by atoms with E-state index in [1.54, 1.807) is 19.4 Å². The third-order valence-electron chi connectivity index (χ3n) is 3.87. The predicted octanol–water partition coefficient (Wildman–Crippen LogP) is 4.63. The van der Waals surface area contributed by atoms with Gasteiger partial charge in [-0.25, -0.2) is 9.37 Å². The van der Waals surface area contributed by atoms with E-state index in [2.05, 4.69) is 37.6 Å². The first-order valence-electron chi connectivity index (χ1n) is 7.72. The van der Waals surface area contributed by atoms with E-state index in [1.807, 2.05) is 24.4 Å². The second-order valence-corrected chi connectivity index (χ2v) is 6.51. The van der Waals surface area contributed by atoms with Gasteiger partial charge in [0, 0.05) is 29.8 Å². The smallest absolute Gasteiger partial charge is 0.124 e. The molecule has 0 aliphatic carbocycles. The molecule has 0 saturated carbocycles. The summed E-state index contributed by atoms with van der Waals surface area (Å²) in [5.74, 6) is 1.61. The summed E-state index contributed by atoms with van der Waals surface area (Å²) in [7, 11) is 1.66. The van der Waals surface area contributed by atoms with Crippen LogP contribution in [-0.2, 0) is 19.4 Å². The summed E-state index contributed by atoms with van der Waals surface area (Å²) in [6.07, 6.45) is 5.45. The van der Waals surface area contributed by atoms with E-state index in [9.17, 15) is 4.39 Å². The highest BCUT2D eigenvalue weighted by Gasteiger charge is 2.06. The molecular weight excluding hydrogens is 371 g/mol. The molecule has 0 N–H and O–H groups in total. The average molecular weight is 389 g/mol. The Hall–Kier alpha value is -2.14. The fraction of sp³-hybridized carbons (Fsp3) is 0.211. The maximum Gasteiger partial charge on any atom is 0.124 e. The summed E-state index contributed by atoms with van der Waals surface area (Å²) in [6, 6.07) is 13.0. The second-order valence-electron chi connectivity index (χ2n) is 5.60. The van der Waals surface area contributed by atoms with Gasteiger partial charge in [-0.2, -0.15) is 0 Å². The minimum Gasteiger partial charge on any atom is -0.497 e. The zero-order chi connectivity index (χ0) is 16.9. The van der Waals surface area contributed by atoms with Crippen LogP contribution in [0.2, 0.25) is 0 Å². The number of methoxy groups -OCH3 is 1. The molecule has 3 nitrogen and oxygen atoms in total. The summed E-state index contributed by atoms with van der Waals surface area (Å²) in [5, 5.41) is 0. The summed E-state index contributed by atoms with van der Waals surface area (Å²) in [6.45, 7) is 0.605. The van der Waals surface area contributed by atoms with Crippen molar-refractivity contribution < 1.29 is 9.13 Å². The first-order chi connectivity index (χ1) is 11.6. The number of halogens is 2. The van der Waals surface area contributed by atoms with Gasteiger partial charge in [-0.05, 0) is 47.9 Å². The van der Waals surface area contributed by atoms with Gasteiger partial charge in [0.1, 0.15) is 17.4 Å². The monoisotopic (exact) mass is 388 g/mol. The minimum atomic E-state index is -0.237. The lowest BCUT2D eigenvalue weighted by atomic mass is 10.1. The average Bonchev–Trinajstić information content (AvgIpc) is 2.99. The van der Waals surface area contributed by atoms with Crippen LogP contribution in [0.5, 0.6) is 5.75 Å². The van der Waals surface area contributed by atoms with Crippen LogP contribution in [0.1, 0.15) is 17.0 Å². The van der Waals surface area contributed by atoms with E-state index in [4.69, 9.17) is 4.74 Å². The van der Waals surface area contributed by atoms with Crippen LogP contribution in [0, 0.1) is 5.82 Å². The number of hydrogen-bond donors (Lipinski definition) is 0. The zero-order valence-corrected chi connectivity index (χ0v) is 15.0. The Balaban J connectivity index is 1.68. The Bertz CT molecular complexity index is 794. The highest BCUT2D eigenvalue weighted by molar-refractivity contribution is 9.10. The molecule has 1 heterocycles. The minimum absolute atomic E-state index is 0.237. The van der Waals surface area contributed by atoms with Gasteiger partial charge in [0.25, 0.3) is 0 Å². The Kier molecular flexibility index (Phi) is 5.30. The first kappa shape index (κ1) is 16.7. The number of aromatic nitrogens is 2. The Labute approximate surface area is 149 Å². The molecule has 2 aromatic carbocycles. The van der Waals surface area contributed by atoms with Gasteiger partial charge >= 0.3 is 0 Å². The highest BCUT2D eigenvalue weighted by Crippen LogP contribution is 2.17. The van der Waals surface area contributed by atoms with E-state index in [0.717, 1.165) is 34.5 Å². The molecule has 0 radical (unpaired) electrons. The molecule has 0 atom stereocenters. The van der Waals surface area contributed by atoms with Crippen LogP contribution in [0.25, 0.3) is 0 Å². The number of hydrogen-bond acceptors (Lipinski definition) is 2. The van der Waals surface area contributed by atoms with Gasteiger partial charge in [-0.3, -0.25) is 0 Å². The summed E-state index contributed by atoms with van der Waals surface area (Å²) in [5.41, 5.74) is 2.14. The van der Waals surface area contributed by atoms with Gasteiger partial charge < -0.3 is 9.30 Å².